The highest BCUT2D eigenvalue weighted by molar-refractivity contribution is 7.90. The zero-order valence-electron chi connectivity index (χ0n) is 16.9. The van der Waals surface area contributed by atoms with Crippen LogP contribution in [0, 0.1) is 0 Å². The summed E-state index contributed by atoms with van der Waals surface area (Å²) in [6.45, 7) is 5.61. The average Bonchev–Trinajstić information content (AvgIpc) is 2.87. The van der Waals surface area contributed by atoms with Gasteiger partial charge in [0.05, 0.1) is 11.4 Å². The molecule has 1 aromatic carbocycles. The maximum atomic E-state index is 12.0. The number of hydrogen-bond acceptors (Lipinski definition) is 4. The standard InChI is InChI=1S/C20H32N4O3S/c1-3-21-20(22-13-7-15-24-14-6-4-5-8-19(24)25)23-16-17-9-11-18(12-10-17)28(2,26)27/h9-12H,3-8,13-16H2,1-2H3,(H2,21,22,23). The van der Waals surface area contributed by atoms with E-state index >= 15 is 0 Å². The number of nitrogens with one attached hydrogen (secondary N) is 2. The van der Waals surface area contributed by atoms with Gasteiger partial charge in [-0.3, -0.25) is 4.79 Å². The van der Waals surface area contributed by atoms with E-state index in [1.54, 1.807) is 24.3 Å². The van der Waals surface area contributed by atoms with E-state index in [0.717, 1.165) is 63.4 Å². The van der Waals surface area contributed by atoms with Gasteiger partial charge in [0, 0.05) is 38.9 Å². The van der Waals surface area contributed by atoms with Gasteiger partial charge in [-0.15, -0.1) is 0 Å². The van der Waals surface area contributed by atoms with Crippen molar-refractivity contribution < 1.29 is 13.2 Å². The minimum Gasteiger partial charge on any atom is -0.357 e. The van der Waals surface area contributed by atoms with Crippen LogP contribution >= 0.6 is 0 Å². The van der Waals surface area contributed by atoms with E-state index in [1.165, 1.54) is 6.26 Å². The molecule has 1 saturated heterocycles. The van der Waals surface area contributed by atoms with Crippen molar-refractivity contribution in [1.29, 1.82) is 0 Å². The quantitative estimate of drug-likeness (QED) is 0.390. The smallest absolute Gasteiger partial charge is 0.222 e. The van der Waals surface area contributed by atoms with Crippen LogP contribution in [0.3, 0.4) is 0 Å². The SMILES string of the molecule is CCNC(=NCc1ccc(S(C)(=O)=O)cc1)NCCCN1CCCCCC1=O. The third-order valence-electron chi connectivity index (χ3n) is 4.68. The number of sulfone groups is 1. The first-order valence-electron chi connectivity index (χ1n) is 9.99. The number of hydrogen-bond donors (Lipinski definition) is 2. The Bertz CT molecular complexity index is 760. The lowest BCUT2D eigenvalue weighted by atomic mass is 10.2. The van der Waals surface area contributed by atoms with E-state index in [9.17, 15) is 13.2 Å². The lowest BCUT2D eigenvalue weighted by Gasteiger charge is -2.20. The number of rotatable bonds is 8. The van der Waals surface area contributed by atoms with Gasteiger partial charge in [-0.05, 0) is 43.9 Å². The van der Waals surface area contributed by atoms with Crippen LogP contribution in [-0.4, -0.2) is 57.6 Å². The zero-order valence-corrected chi connectivity index (χ0v) is 17.7. The van der Waals surface area contributed by atoms with Gasteiger partial charge in [0.25, 0.3) is 0 Å². The van der Waals surface area contributed by atoms with E-state index in [2.05, 4.69) is 15.6 Å². The van der Waals surface area contributed by atoms with E-state index in [0.29, 0.717) is 17.9 Å². The molecule has 2 rings (SSSR count). The van der Waals surface area contributed by atoms with Crippen LogP contribution in [-0.2, 0) is 21.2 Å². The van der Waals surface area contributed by atoms with Gasteiger partial charge in [0.2, 0.25) is 5.91 Å². The molecular formula is C20H32N4O3S. The van der Waals surface area contributed by atoms with Gasteiger partial charge in [0.1, 0.15) is 0 Å². The Morgan fingerprint density at radius 2 is 1.89 bits per heavy atom. The minimum atomic E-state index is -3.18. The van der Waals surface area contributed by atoms with Crippen molar-refractivity contribution in [2.75, 3.05) is 32.4 Å². The van der Waals surface area contributed by atoms with E-state index in [4.69, 9.17) is 0 Å². The highest BCUT2D eigenvalue weighted by Crippen LogP contribution is 2.12. The number of benzene rings is 1. The molecule has 0 saturated carbocycles. The van der Waals surface area contributed by atoms with Crippen molar-refractivity contribution in [3.63, 3.8) is 0 Å². The Hall–Kier alpha value is -2.09. The number of carbonyl (C=O) groups is 1. The van der Waals surface area contributed by atoms with Crippen LogP contribution in [0.2, 0.25) is 0 Å². The van der Waals surface area contributed by atoms with Gasteiger partial charge < -0.3 is 15.5 Å². The fourth-order valence-electron chi connectivity index (χ4n) is 3.11. The second-order valence-electron chi connectivity index (χ2n) is 7.08. The molecule has 7 nitrogen and oxygen atoms in total. The molecule has 1 amide bonds. The van der Waals surface area contributed by atoms with Crippen LogP contribution in [0.5, 0.6) is 0 Å². The summed E-state index contributed by atoms with van der Waals surface area (Å²) >= 11 is 0. The molecule has 1 fully saturated rings. The molecule has 0 atom stereocenters. The molecule has 0 aromatic heterocycles. The predicted octanol–water partition coefficient (Wildman–Crippen LogP) is 1.94. The Morgan fingerprint density at radius 3 is 2.57 bits per heavy atom. The monoisotopic (exact) mass is 408 g/mol. The van der Waals surface area contributed by atoms with Crippen LogP contribution in [0.1, 0.15) is 44.6 Å². The summed E-state index contributed by atoms with van der Waals surface area (Å²) in [7, 11) is -3.18. The summed E-state index contributed by atoms with van der Waals surface area (Å²) in [6.07, 6.45) is 6.00. The van der Waals surface area contributed by atoms with E-state index < -0.39 is 9.84 Å². The molecule has 0 radical (unpaired) electrons. The highest BCUT2D eigenvalue weighted by Gasteiger charge is 2.15. The second-order valence-corrected chi connectivity index (χ2v) is 9.10. The number of aliphatic imine (C=N–C) groups is 1. The summed E-state index contributed by atoms with van der Waals surface area (Å²) in [5, 5.41) is 6.51. The molecule has 0 bridgehead atoms. The first kappa shape index (κ1) is 22.2. The Kier molecular flexibility index (Phi) is 8.76. The Balaban J connectivity index is 1.82. The van der Waals surface area contributed by atoms with Crippen LogP contribution < -0.4 is 10.6 Å². The fraction of sp³-hybridized carbons (Fsp3) is 0.600. The summed E-state index contributed by atoms with van der Waals surface area (Å²) in [4.78, 5) is 18.9. The van der Waals surface area contributed by atoms with Crippen molar-refractivity contribution in [1.82, 2.24) is 15.5 Å². The number of guanidine groups is 1. The molecule has 8 heteroatoms. The molecule has 1 aliphatic rings. The molecule has 0 spiro atoms. The van der Waals surface area contributed by atoms with Crippen LogP contribution in [0.4, 0.5) is 0 Å². The van der Waals surface area contributed by atoms with Crippen molar-refractivity contribution in [3.8, 4) is 0 Å². The van der Waals surface area contributed by atoms with Crippen molar-refractivity contribution in [3.05, 3.63) is 29.8 Å². The van der Waals surface area contributed by atoms with Gasteiger partial charge in [-0.2, -0.15) is 0 Å². The van der Waals surface area contributed by atoms with E-state index in [-0.39, 0.29) is 5.91 Å². The third kappa shape index (κ3) is 7.50. The molecule has 0 unspecified atom stereocenters. The first-order valence-corrected chi connectivity index (χ1v) is 11.9. The van der Waals surface area contributed by atoms with Crippen molar-refractivity contribution >= 4 is 21.7 Å². The fourth-order valence-corrected chi connectivity index (χ4v) is 3.74. The first-order chi connectivity index (χ1) is 13.4. The normalized spacial score (nSPS) is 16.0. The molecule has 1 aliphatic heterocycles. The lowest BCUT2D eigenvalue weighted by molar-refractivity contribution is -0.130. The van der Waals surface area contributed by atoms with Crippen molar-refractivity contribution in [2.24, 2.45) is 4.99 Å². The average molecular weight is 409 g/mol. The topological polar surface area (TPSA) is 90.9 Å². The summed E-state index contributed by atoms with van der Waals surface area (Å²) in [5.74, 6) is 0.993. The minimum absolute atomic E-state index is 0.274. The van der Waals surface area contributed by atoms with Gasteiger partial charge in [-0.25, -0.2) is 13.4 Å². The zero-order chi connectivity index (χ0) is 20.4. The highest BCUT2D eigenvalue weighted by atomic mass is 32.2. The molecule has 0 aliphatic carbocycles. The molecule has 28 heavy (non-hydrogen) atoms. The van der Waals surface area contributed by atoms with Gasteiger partial charge >= 0.3 is 0 Å². The second kappa shape index (κ2) is 11.0. The third-order valence-corrected chi connectivity index (χ3v) is 5.81. The number of carbonyl (C=O) groups excluding carboxylic acids is 1. The summed E-state index contributed by atoms with van der Waals surface area (Å²) in [5.41, 5.74) is 0.944. The molecule has 1 heterocycles. The Labute approximate surface area is 168 Å². The van der Waals surface area contributed by atoms with E-state index in [1.807, 2.05) is 11.8 Å². The van der Waals surface area contributed by atoms with Gasteiger partial charge in [0.15, 0.2) is 15.8 Å². The largest absolute Gasteiger partial charge is 0.357 e. The molecule has 2 N–H and O–H groups in total. The number of amides is 1. The molecule has 156 valence electrons. The number of nitrogens with zero attached hydrogens (tertiary/aromatic N) is 2. The molecule has 1 aromatic rings. The number of likely N-dealkylation sites (tertiary alicyclic amines) is 1. The lowest BCUT2D eigenvalue weighted by Crippen LogP contribution is -2.39. The maximum Gasteiger partial charge on any atom is 0.222 e. The van der Waals surface area contributed by atoms with Gasteiger partial charge in [-0.1, -0.05) is 18.6 Å². The Morgan fingerprint density at radius 1 is 1.14 bits per heavy atom. The van der Waals surface area contributed by atoms with Crippen LogP contribution in [0.25, 0.3) is 0 Å². The van der Waals surface area contributed by atoms with Crippen LogP contribution in [0.15, 0.2) is 34.2 Å². The molecular weight excluding hydrogens is 376 g/mol. The predicted molar refractivity (Wildman–Crippen MR) is 112 cm³/mol. The van der Waals surface area contributed by atoms with Crippen molar-refractivity contribution in [2.45, 2.75) is 50.5 Å². The summed E-state index contributed by atoms with van der Waals surface area (Å²) in [6, 6.07) is 6.79. The summed E-state index contributed by atoms with van der Waals surface area (Å²) < 4.78 is 23.0. The maximum absolute atomic E-state index is 12.0.